The van der Waals surface area contributed by atoms with Crippen LogP contribution < -0.4 is 5.73 Å². The second-order valence-corrected chi connectivity index (χ2v) is 6.06. The van der Waals surface area contributed by atoms with E-state index in [-0.39, 0.29) is 0 Å². The number of halogens is 1. The first-order chi connectivity index (χ1) is 9.63. The third-order valence-corrected chi connectivity index (χ3v) is 4.30. The molecular weight excluding hydrogens is 274 g/mol. The molecule has 106 valence electrons. The van der Waals surface area contributed by atoms with Gasteiger partial charge < -0.3 is 5.73 Å². The topological polar surface area (TPSA) is 69.6 Å². The predicted molar refractivity (Wildman–Crippen MR) is 79.3 cm³/mol. The number of nitrogens with zero attached hydrogens (tertiary/aromatic N) is 4. The summed E-state index contributed by atoms with van der Waals surface area (Å²) in [5, 5.41) is 12.6. The van der Waals surface area contributed by atoms with E-state index in [1.165, 1.54) is 25.7 Å². The van der Waals surface area contributed by atoms with E-state index in [2.05, 4.69) is 22.4 Å². The van der Waals surface area contributed by atoms with E-state index >= 15 is 0 Å². The molecule has 3 rings (SSSR count). The van der Waals surface area contributed by atoms with Gasteiger partial charge in [0.05, 0.1) is 11.6 Å². The number of aromatic nitrogens is 4. The molecule has 1 aromatic carbocycles. The Hall–Kier alpha value is -1.62. The average molecular weight is 292 g/mol. The lowest BCUT2D eigenvalue weighted by Gasteiger charge is -2.14. The molecule has 2 aromatic rings. The number of benzene rings is 1. The summed E-state index contributed by atoms with van der Waals surface area (Å²) in [7, 11) is 0. The Morgan fingerprint density at radius 2 is 2.20 bits per heavy atom. The molecule has 2 N–H and O–H groups in total. The van der Waals surface area contributed by atoms with E-state index in [1.54, 1.807) is 6.07 Å². The average Bonchev–Trinajstić information content (AvgIpc) is 3.00. The molecule has 6 heteroatoms. The van der Waals surface area contributed by atoms with Gasteiger partial charge in [0.25, 0.3) is 0 Å². The van der Waals surface area contributed by atoms with E-state index in [0.29, 0.717) is 16.1 Å². The smallest absolute Gasteiger partial charge is 0.183 e. The Bertz CT molecular complexity index is 618. The maximum Gasteiger partial charge on any atom is 0.183 e. The zero-order valence-corrected chi connectivity index (χ0v) is 12.3. The summed E-state index contributed by atoms with van der Waals surface area (Å²) >= 11 is 6.25. The van der Waals surface area contributed by atoms with Crippen molar-refractivity contribution in [2.45, 2.75) is 39.2 Å². The van der Waals surface area contributed by atoms with Crippen molar-refractivity contribution in [3.63, 3.8) is 0 Å². The van der Waals surface area contributed by atoms with Crippen LogP contribution in [0.15, 0.2) is 18.2 Å². The monoisotopic (exact) mass is 291 g/mol. The summed E-state index contributed by atoms with van der Waals surface area (Å²) in [6, 6.07) is 5.42. The van der Waals surface area contributed by atoms with Crippen LogP contribution in [-0.4, -0.2) is 20.2 Å². The van der Waals surface area contributed by atoms with Crippen molar-refractivity contribution < 1.29 is 0 Å². The molecule has 1 saturated carbocycles. The summed E-state index contributed by atoms with van der Waals surface area (Å²) in [4.78, 5) is 0. The van der Waals surface area contributed by atoms with Crippen LogP contribution in [0.5, 0.6) is 0 Å². The first-order valence-corrected chi connectivity index (χ1v) is 7.33. The van der Waals surface area contributed by atoms with Crippen LogP contribution in [0, 0.1) is 5.41 Å². The lowest BCUT2D eigenvalue weighted by atomic mass is 10.0. The zero-order chi connectivity index (χ0) is 14.2. The number of nitrogen functional groups attached to an aromatic ring is 1. The summed E-state index contributed by atoms with van der Waals surface area (Å²) in [6.07, 6.45) is 4.94. The number of nitrogens with two attached hydrogens (primary N) is 1. The largest absolute Gasteiger partial charge is 0.399 e. The number of anilines is 1. The van der Waals surface area contributed by atoms with Gasteiger partial charge in [0.2, 0.25) is 0 Å². The molecule has 0 aliphatic heterocycles. The third-order valence-electron chi connectivity index (χ3n) is 3.99. The minimum Gasteiger partial charge on any atom is -0.399 e. The van der Waals surface area contributed by atoms with Crippen LogP contribution in [0.3, 0.4) is 0 Å². The van der Waals surface area contributed by atoms with E-state index in [0.717, 1.165) is 17.9 Å². The molecule has 1 aliphatic carbocycles. The van der Waals surface area contributed by atoms with E-state index in [4.69, 9.17) is 17.3 Å². The van der Waals surface area contributed by atoms with Crippen LogP contribution in [0.25, 0.3) is 11.4 Å². The van der Waals surface area contributed by atoms with Crippen molar-refractivity contribution >= 4 is 17.3 Å². The van der Waals surface area contributed by atoms with Gasteiger partial charge in [-0.05, 0) is 53.3 Å². The summed E-state index contributed by atoms with van der Waals surface area (Å²) in [6.45, 7) is 3.08. The maximum absolute atomic E-state index is 6.25. The standard InChI is InChI=1S/C14H18ClN5/c1-2-5-14(6-7-14)9-20-13(17-18-19-20)11-4-3-10(16)8-12(11)15/h3-4,8H,2,5-7,9,16H2,1H3. The van der Waals surface area contributed by atoms with Gasteiger partial charge in [0.15, 0.2) is 5.82 Å². The maximum atomic E-state index is 6.25. The quantitative estimate of drug-likeness (QED) is 0.859. The fraction of sp³-hybridized carbons (Fsp3) is 0.500. The lowest BCUT2D eigenvalue weighted by molar-refractivity contribution is 0.365. The molecule has 1 aromatic heterocycles. The molecule has 1 aliphatic rings. The van der Waals surface area contributed by atoms with Crippen molar-refractivity contribution in [2.75, 3.05) is 5.73 Å². The lowest BCUT2D eigenvalue weighted by Crippen LogP contribution is -2.14. The minimum atomic E-state index is 0.388. The van der Waals surface area contributed by atoms with Crippen LogP contribution in [0.2, 0.25) is 5.02 Å². The van der Waals surface area contributed by atoms with Crippen molar-refractivity contribution in [2.24, 2.45) is 5.41 Å². The van der Waals surface area contributed by atoms with E-state index < -0.39 is 0 Å². The fourth-order valence-electron chi connectivity index (χ4n) is 2.73. The molecule has 0 bridgehead atoms. The van der Waals surface area contributed by atoms with E-state index in [9.17, 15) is 0 Å². The second-order valence-electron chi connectivity index (χ2n) is 5.65. The van der Waals surface area contributed by atoms with Gasteiger partial charge in [0, 0.05) is 11.3 Å². The minimum absolute atomic E-state index is 0.388. The van der Waals surface area contributed by atoms with Crippen LogP contribution in [0.4, 0.5) is 5.69 Å². The molecule has 1 fully saturated rings. The predicted octanol–water partition coefficient (Wildman–Crippen LogP) is 3.16. The summed E-state index contributed by atoms with van der Waals surface area (Å²) in [5.41, 5.74) is 7.59. The van der Waals surface area contributed by atoms with Gasteiger partial charge in [-0.2, -0.15) is 0 Å². The van der Waals surface area contributed by atoms with Crippen molar-refractivity contribution in [3.05, 3.63) is 23.2 Å². The number of tetrazole rings is 1. The second kappa shape index (κ2) is 5.05. The van der Waals surface area contributed by atoms with Gasteiger partial charge in [-0.3, -0.25) is 0 Å². The molecule has 0 atom stereocenters. The Kier molecular flexibility index (Phi) is 3.38. The Morgan fingerprint density at radius 1 is 1.40 bits per heavy atom. The van der Waals surface area contributed by atoms with Crippen LogP contribution in [0.1, 0.15) is 32.6 Å². The van der Waals surface area contributed by atoms with Gasteiger partial charge >= 0.3 is 0 Å². The number of hydrogen-bond acceptors (Lipinski definition) is 4. The molecule has 0 amide bonds. The molecule has 0 spiro atoms. The highest BCUT2D eigenvalue weighted by Crippen LogP contribution is 2.51. The van der Waals surface area contributed by atoms with Crippen molar-refractivity contribution in [1.29, 1.82) is 0 Å². The fourth-order valence-corrected chi connectivity index (χ4v) is 3.00. The van der Waals surface area contributed by atoms with Gasteiger partial charge in [-0.25, -0.2) is 4.68 Å². The van der Waals surface area contributed by atoms with Gasteiger partial charge in [-0.15, -0.1) is 5.10 Å². The number of hydrogen-bond donors (Lipinski definition) is 1. The molecule has 20 heavy (non-hydrogen) atoms. The first-order valence-electron chi connectivity index (χ1n) is 6.95. The molecule has 1 heterocycles. The molecule has 5 nitrogen and oxygen atoms in total. The Labute approximate surface area is 123 Å². The Morgan fingerprint density at radius 3 is 2.85 bits per heavy atom. The molecule has 0 saturated heterocycles. The van der Waals surface area contributed by atoms with Crippen molar-refractivity contribution in [1.82, 2.24) is 20.2 Å². The summed E-state index contributed by atoms with van der Waals surface area (Å²) in [5.74, 6) is 0.720. The van der Waals surface area contributed by atoms with Crippen LogP contribution >= 0.6 is 11.6 Å². The van der Waals surface area contributed by atoms with Crippen LogP contribution in [-0.2, 0) is 6.54 Å². The highest BCUT2D eigenvalue weighted by molar-refractivity contribution is 6.33. The molecule has 0 radical (unpaired) electrons. The highest BCUT2D eigenvalue weighted by Gasteiger charge is 2.42. The Balaban J connectivity index is 1.90. The van der Waals surface area contributed by atoms with Gasteiger partial charge in [0.1, 0.15) is 0 Å². The SMILES string of the molecule is CCCC1(Cn2nnnc2-c2ccc(N)cc2Cl)CC1. The zero-order valence-electron chi connectivity index (χ0n) is 11.5. The van der Waals surface area contributed by atoms with Crippen molar-refractivity contribution in [3.8, 4) is 11.4 Å². The normalized spacial score (nSPS) is 16.3. The molecule has 0 unspecified atom stereocenters. The summed E-state index contributed by atoms with van der Waals surface area (Å²) < 4.78 is 1.88. The van der Waals surface area contributed by atoms with E-state index in [1.807, 2.05) is 16.8 Å². The molecular formula is C14H18ClN5. The first kappa shape index (κ1) is 13.4. The number of rotatable bonds is 5. The third kappa shape index (κ3) is 2.50. The van der Waals surface area contributed by atoms with Gasteiger partial charge in [-0.1, -0.05) is 24.9 Å². The highest BCUT2D eigenvalue weighted by atomic mass is 35.5.